The average molecular weight is 379 g/mol. The Morgan fingerprint density at radius 2 is 2.08 bits per heavy atom. The Kier molecular flexibility index (Phi) is 6.73. The molecule has 0 aliphatic heterocycles. The van der Waals surface area contributed by atoms with Crippen molar-refractivity contribution in [2.45, 2.75) is 38.3 Å². The first-order chi connectivity index (χ1) is 12.3. The number of aryl methyl sites for hydroxylation is 2. The van der Waals surface area contributed by atoms with Crippen LogP contribution in [0.25, 0.3) is 0 Å². The number of nitrogens with one attached hydrogen (secondary N) is 2. The van der Waals surface area contributed by atoms with Crippen LogP contribution in [0, 0.1) is 6.92 Å². The molecule has 0 saturated heterocycles. The molecule has 0 unspecified atom stereocenters. The average Bonchev–Trinajstić information content (AvgIpc) is 3.04. The summed E-state index contributed by atoms with van der Waals surface area (Å²) in [6.45, 7) is 5.84. The van der Waals surface area contributed by atoms with Crippen molar-refractivity contribution in [1.29, 1.82) is 0 Å². The van der Waals surface area contributed by atoms with Gasteiger partial charge in [0.25, 0.3) is 0 Å². The standard InChI is InChI=1S/C17H26N6O2S/c1-5-16-22-21-12-23(16)9-8-19-17(18-3)20-11-14-6-7-15(13(2)10-14)26(4,24)25/h6-7,10,12H,5,8-9,11H2,1-4H3,(H2,18,19,20). The SMILES string of the molecule is CCc1nncn1CCNC(=NC)NCc1ccc(S(C)(=O)=O)c(C)c1. The van der Waals surface area contributed by atoms with Crippen LogP contribution >= 0.6 is 0 Å². The van der Waals surface area contributed by atoms with E-state index in [1.165, 1.54) is 6.26 Å². The summed E-state index contributed by atoms with van der Waals surface area (Å²) in [5, 5.41) is 14.4. The minimum absolute atomic E-state index is 0.365. The van der Waals surface area contributed by atoms with Crippen molar-refractivity contribution in [2.24, 2.45) is 4.99 Å². The maximum Gasteiger partial charge on any atom is 0.191 e. The fourth-order valence-electron chi connectivity index (χ4n) is 2.68. The smallest absolute Gasteiger partial charge is 0.191 e. The highest BCUT2D eigenvalue weighted by molar-refractivity contribution is 7.90. The summed E-state index contributed by atoms with van der Waals surface area (Å²) >= 11 is 0. The first-order valence-electron chi connectivity index (χ1n) is 8.46. The number of nitrogens with zero attached hydrogens (tertiary/aromatic N) is 4. The number of hydrogen-bond acceptors (Lipinski definition) is 5. The highest BCUT2D eigenvalue weighted by Crippen LogP contribution is 2.16. The molecule has 1 heterocycles. The fraction of sp³-hybridized carbons (Fsp3) is 0.471. The van der Waals surface area contributed by atoms with Crippen LogP contribution in [0.5, 0.6) is 0 Å². The lowest BCUT2D eigenvalue weighted by atomic mass is 10.1. The highest BCUT2D eigenvalue weighted by Gasteiger charge is 2.11. The largest absolute Gasteiger partial charge is 0.355 e. The summed E-state index contributed by atoms with van der Waals surface area (Å²) in [5.41, 5.74) is 1.74. The minimum atomic E-state index is -3.19. The summed E-state index contributed by atoms with van der Waals surface area (Å²) in [4.78, 5) is 4.57. The van der Waals surface area contributed by atoms with Gasteiger partial charge in [-0.1, -0.05) is 19.1 Å². The van der Waals surface area contributed by atoms with Crippen molar-refractivity contribution in [3.05, 3.63) is 41.5 Å². The van der Waals surface area contributed by atoms with Crippen LogP contribution < -0.4 is 10.6 Å². The first kappa shape index (κ1) is 19.9. The van der Waals surface area contributed by atoms with Gasteiger partial charge in [-0.2, -0.15) is 0 Å². The second-order valence-electron chi connectivity index (χ2n) is 6.02. The van der Waals surface area contributed by atoms with Crippen molar-refractivity contribution >= 4 is 15.8 Å². The molecule has 9 heteroatoms. The molecule has 0 spiro atoms. The molecule has 0 atom stereocenters. The summed E-state index contributed by atoms with van der Waals surface area (Å²) in [6, 6.07) is 5.34. The van der Waals surface area contributed by atoms with Gasteiger partial charge in [0.1, 0.15) is 12.2 Å². The third-order valence-electron chi connectivity index (χ3n) is 3.98. The number of guanidine groups is 1. The van der Waals surface area contributed by atoms with Crippen LogP contribution in [0.15, 0.2) is 34.4 Å². The van der Waals surface area contributed by atoms with E-state index in [-0.39, 0.29) is 0 Å². The number of rotatable bonds is 7. The van der Waals surface area contributed by atoms with Gasteiger partial charge >= 0.3 is 0 Å². The van der Waals surface area contributed by atoms with Crippen molar-refractivity contribution in [3.63, 3.8) is 0 Å². The van der Waals surface area contributed by atoms with Crippen LogP contribution in [-0.4, -0.2) is 49.0 Å². The van der Waals surface area contributed by atoms with E-state index in [1.54, 1.807) is 26.4 Å². The van der Waals surface area contributed by atoms with E-state index in [1.807, 2.05) is 23.6 Å². The van der Waals surface area contributed by atoms with Gasteiger partial charge in [-0.3, -0.25) is 4.99 Å². The predicted octanol–water partition coefficient (Wildman–Crippen LogP) is 0.918. The zero-order chi connectivity index (χ0) is 19.2. The molecule has 0 bridgehead atoms. The maximum absolute atomic E-state index is 11.7. The first-order valence-corrected chi connectivity index (χ1v) is 10.3. The predicted molar refractivity (Wildman–Crippen MR) is 102 cm³/mol. The Balaban J connectivity index is 1.88. The monoisotopic (exact) mass is 378 g/mol. The summed E-state index contributed by atoms with van der Waals surface area (Å²) in [6.07, 6.45) is 3.79. The van der Waals surface area contributed by atoms with Crippen LogP contribution in [0.3, 0.4) is 0 Å². The Labute approximate surface area is 154 Å². The Hall–Kier alpha value is -2.42. The molecule has 8 nitrogen and oxygen atoms in total. The van der Waals surface area contributed by atoms with Gasteiger partial charge in [-0.15, -0.1) is 10.2 Å². The lowest BCUT2D eigenvalue weighted by Crippen LogP contribution is -2.38. The molecule has 0 aliphatic carbocycles. The number of aromatic nitrogens is 3. The van der Waals surface area contributed by atoms with Gasteiger partial charge in [0, 0.05) is 39.4 Å². The topological polar surface area (TPSA) is 101 Å². The molecule has 0 saturated carbocycles. The van der Waals surface area contributed by atoms with E-state index in [0.29, 0.717) is 23.9 Å². The van der Waals surface area contributed by atoms with Crippen LogP contribution in [0.2, 0.25) is 0 Å². The third kappa shape index (κ3) is 5.29. The third-order valence-corrected chi connectivity index (χ3v) is 5.24. The van der Waals surface area contributed by atoms with Crippen molar-refractivity contribution in [1.82, 2.24) is 25.4 Å². The highest BCUT2D eigenvalue weighted by atomic mass is 32.2. The zero-order valence-corrected chi connectivity index (χ0v) is 16.5. The molecule has 2 aromatic rings. The van der Waals surface area contributed by atoms with E-state index >= 15 is 0 Å². The molecule has 0 radical (unpaired) electrons. The van der Waals surface area contributed by atoms with E-state index in [0.717, 1.165) is 29.9 Å². The molecule has 0 fully saturated rings. The van der Waals surface area contributed by atoms with Gasteiger partial charge in [-0.25, -0.2) is 8.42 Å². The minimum Gasteiger partial charge on any atom is -0.355 e. The summed E-state index contributed by atoms with van der Waals surface area (Å²) in [5.74, 6) is 1.64. The van der Waals surface area contributed by atoms with Gasteiger partial charge in [-0.05, 0) is 24.1 Å². The van der Waals surface area contributed by atoms with Crippen molar-refractivity contribution in [3.8, 4) is 0 Å². The molecule has 2 N–H and O–H groups in total. The maximum atomic E-state index is 11.7. The van der Waals surface area contributed by atoms with Crippen molar-refractivity contribution < 1.29 is 8.42 Å². The molecule has 1 aromatic heterocycles. The van der Waals surface area contributed by atoms with E-state index < -0.39 is 9.84 Å². The quantitative estimate of drug-likeness (QED) is 0.549. The fourth-order valence-corrected chi connectivity index (χ4v) is 3.64. The van der Waals surface area contributed by atoms with Gasteiger partial charge in [0.2, 0.25) is 0 Å². The molecule has 1 aromatic carbocycles. The number of aliphatic imine (C=N–C) groups is 1. The normalized spacial score (nSPS) is 12.2. The van der Waals surface area contributed by atoms with Gasteiger partial charge in [0.05, 0.1) is 4.90 Å². The Bertz CT molecular complexity index is 873. The van der Waals surface area contributed by atoms with Gasteiger partial charge < -0.3 is 15.2 Å². The lowest BCUT2D eigenvalue weighted by molar-refractivity contribution is 0.601. The molecule has 26 heavy (non-hydrogen) atoms. The van der Waals surface area contributed by atoms with Crippen LogP contribution in [0.1, 0.15) is 23.9 Å². The van der Waals surface area contributed by atoms with E-state index in [4.69, 9.17) is 0 Å². The molecule has 142 valence electrons. The number of sulfone groups is 1. The van der Waals surface area contributed by atoms with Crippen molar-refractivity contribution in [2.75, 3.05) is 19.8 Å². The second kappa shape index (κ2) is 8.79. The summed E-state index contributed by atoms with van der Waals surface area (Å²) in [7, 11) is -1.48. The Morgan fingerprint density at radius 3 is 2.69 bits per heavy atom. The summed E-state index contributed by atoms with van der Waals surface area (Å²) < 4.78 is 25.4. The van der Waals surface area contributed by atoms with Crippen LogP contribution in [-0.2, 0) is 29.3 Å². The number of benzene rings is 1. The second-order valence-corrected chi connectivity index (χ2v) is 8.00. The molecule has 0 aliphatic rings. The van der Waals surface area contributed by atoms with E-state index in [9.17, 15) is 8.42 Å². The zero-order valence-electron chi connectivity index (χ0n) is 15.7. The number of hydrogen-bond donors (Lipinski definition) is 2. The van der Waals surface area contributed by atoms with E-state index in [2.05, 4.69) is 25.8 Å². The molecular weight excluding hydrogens is 352 g/mol. The van der Waals surface area contributed by atoms with Crippen LogP contribution in [0.4, 0.5) is 0 Å². The lowest BCUT2D eigenvalue weighted by Gasteiger charge is -2.13. The van der Waals surface area contributed by atoms with Gasteiger partial charge in [0.15, 0.2) is 15.8 Å². The Morgan fingerprint density at radius 1 is 1.31 bits per heavy atom. The molecule has 0 amide bonds. The molecular formula is C17H26N6O2S. The molecule has 2 rings (SSSR count).